The van der Waals surface area contributed by atoms with Gasteiger partial charge in [0, 0.05) is 18.6 Å². The molecule has 2 rings (SSSR count). The van der Waals surface area contributed by atoms with Crippen molar-refractivity contribution in [2.24, 2.45) is 5.73 Å². The first kappa shape index (κ1) is 15.5. The Morgan fingerprint density at radius 2 is 2.05 bits per heavy atom. The van der Waals surface area contributed by atoms with Crippen LogP contribution in [0.4, 0.5) is 19.3 Å². The molecule has 1 heterocycles. The summed E-state index contributed by atoms with van der Waals surface area (Å²) in [5.74, 6) is -4.22. The summed E-state index contributed by atoms with van der Waals surface area (Å²) in [6.45, 7) is 0. The Morgan fingerprint density at radius 3 is 2.64 bits per heavy atom. The van der Waals surface area contributed by atoms with Gasteiger partial charge in [0.15, 0.2) is 17.7 Å². The van der Waals surface area contributed by atoms with E-state index in [1.165, 1.54) is 0 Å². The third kappa shape index (κ3) is 3.22. The van der Waals surface area contributed by atoms with Gasteiger partial charge in [-0.2, -0.15) is 0 Å². The molecule has 1 aliphatic rings. The van der Waals surface area contributed by atoms with Crippen molar-refractivity contribution in [3.05, 3.63) is 23.8 Å². The number of fused-ring (bicyclic) bond motifs is 1. The molecule has 1 aliphatic heterocycles. The maximum Gasteiger partial charge on any atom is 0.405 e. The molecule has 0 spiro atoms. The highest BCUT2D eigenvalue weighted by molar-refractivity contribution is 5.98. The van der Waals surface area contributed by atoms with Gasteiger partial charge in [-0.1, -0.05) is 0 Å². The molecule has 1 aromatic rings. The molecule has 118 valence electrons. The van der Waals surface area contributed by atoms with Crippen molar-refractivity contribution in [1.29, 1.82) is 0 Å². The minimum atomic E-state index is -1.51. The first-order valence-electron chi connectivity index (χ1n) is 6.03. The van der Waals surface area contributed by atoms with Crippen LogP contribution in [0.2, 0.25) is 0 Å². The summed E-state index contributed by atoms with van der Waals surface area (Å²) in [6, 6.07) is 0.112. The van der Waals surface area contributed by atoms with Gasteiger partial charge in [-0.15, -0.1) is 0 Å². The molecule has 0 aromatic heterocycles. The number of hydrogen-bond donors (Lipinski definition) is 4. The maximum absolute atomic E-state index is 13.2. The first-order valence-corrected chi connectivity index (χ1v) is 6.03. The van der Waals surface area contributed by atoms with Crippen LogP contribution in [0.1, 0.15) is 6.42 Å². The number of nitrogens with two attached hydrogens (primary N) is 1. The zero-order valence-corrected chi connectivity index (χ0v) is 10.9. The molecule has 2 unspecified atom stereocenters. The van der Waals surface area contributed by atoms with Gasteiger partial charge in [-0.3, -0.25) is 9.59 Å². The summed E-state index contributed by atoms with van der Waals surface area (Å²) in [4.78, 5) is 33.5. The second-order valence-electron chi connectivity index (χ2n) is 4.50. The number of rotatable bonds is 4. The van der Waals surface area contributed by atoms with Gasteiger partial charge in [0.25, 0.3) is 5.91 Å². The molecular weight excluding hydrogens is 304 g/mol. The molecular formula is C12H11F2N3O5. The van der Waals surface area contributed by atoms with Gasteiger partial charge in [0.05, 0.1) is 5.69 Å². The Morgan fingerprint density at radius 1 is 1.41 bits per heavy atom. The van der Waals surface area contributed by atoms with Gasteiger partial charge in [-0.25, -0.2) is 13.6 Å². The number of amides is 3. The van der Waals surface area contributed by atoms with E-state index in [9.17, 15) is 23.2 Å². The largest absolute Gasteiger partial charge is 0.478 e. The van der Waals surface area contributed by atoms with E-state index in [0.717, 1.165) is 12.1 Å². The van der Waals surface area contributed by atoms with Crippen LogP contribution in [0.5, 0.6) is 5.75 Å². The van der Waals surface area contributed by atoms with E-state index in [0.29, 0.717) is 0 Å². The van der Waals surface area contributed by atoms with Crippen LogP contribution in [-0.4, -0.2) is 35.2 Å². The van der Waals surface area contributed by atoms with Crippen LogP contribution >= 0.6 is 0 Å². The number of nitrogens with one attached hydrogen (secondary N) is 2. The Hall–Kier alpha value is -2.91. The van der Waals surface area contributed by atoms with E-state index in [4.69, 9.17) is 15.6 Å². The lowest BCUT2D eigenvalue weighted by molar-refractivity contribution is -0.125. The molecule has 0 aliphatic carbocycles. The Labute approximate surface area is 122 Å². The van der Waals surface area contributed by atoms with Crippen molar-refractivity contribution in [2.45, 2.75) is 18.6 Å². The van der Waals surface area contributed by atoms with Crippen LogP contribution in [-0.2, 0) is 9.59 Å². The van der Waals surface area contributed by atoms with E-state index < -0.39 is 48.1 Å². The number of benzene rings is 1. The van der Waals surface area contributed by atoms with E-state index in [-0.39, 0.29) is 11.4 Å². The van der Waals surface area contributed by atoms with Crippen LogP contribution in [0, 0.1) is 11.6 Å². The van der Waals surface area contributed by atoms with Gasteiger partial charge in [0.1, 0.15) is 11.8 Å². The van der Waals surface area contributed by atoms with E-state index in [1.54, 1.807) is 0 Å². The summed E-state index contributed by atoms with van der Waals surface area (Å²) < 4.78 is 31.4. The second-order valence-corrected chi connectivity index (χ2v) is 4.50. The Kier molecular flexibility index (Phi) is 4.11. The number of ether oxygens (including phenoxy) is 1. The molecule has 3 amide bonds. The van der Waals surface area contributed by atoms with Crippen LogP contribution in [0.3, 0.4) is 0 Å². The minimum absolute atomic E-state index is 0.0676. The van der Waals surface area contributed by atoms with Crippen molar-refractivity contribution < 1.29 is 33.0 Å². The molecule has 2 atom stereocenters. The van der Waals surface area contributed by atoms with Crippen LogP contribution < -0.4 is 21.1 Å². The number of carboxylic acid groups (broad SMARTS) is 1. The first-order chi connectivity index (χ1) is 10.3. The van der Waals surface area contributed by atoms with Crippen molar-refractivity contribution in [3.63, 3.8) is 0 Å². The van der Waals surface area contributed by atoms with Gasteiger partial charge in [-0.05, 0) is 0 Å². The fourth-order valence-electron chi connectivity index (χ4n) is 1.91. The summed E-state index contributed by atoms with van der Waals surface area (Å²) >= 11 is 0. The van der Waals surface area contributed by atoms with Gasteiger partial charge < -0.3 is 26.2 Å². The average Bonchev–Trinajstić information content (AvgIpc) is 2.40. The third-order valence-corrected chi connectivity index (χ3v) is 2.93. The summed E-state index contributed by atoms with van der Waals surface area (Å²) in [6.07, 6.45) is -3.19. The number of carbonyl (C=O) groups is 3. The average molecular weight is 315 g/mol. The Bertz CT molecular complexity index is 652. The molecule has 10 heteroatoms. The van der Waals surface area contributed by atoms with Crippen molar-refractivity contribution >= 4 is 23.6 Å². The standard InChI is InChI=1S/C12H11F2N3O5/c13-4-1-6-8(2-5(4)14)22-9(11(19)16-6)3-7(10(15)18)17-12(20)21/h1-2,7,9,17H,3H2,(H2,15,18)(H,16,19)(H,20,21). The summed E-state index contributed by atoms with van der Waals surface area (Å²) in [7, 11) is 0. The fraction of sp³-hybridized carbons (Fsp3) is 0.250. The molecule has 0 fully saturated rings. The predicted molar refractivity (Wildman–Crippen MR) is 68.2 cm³/mol. The minimum Gasteiger partial charge on any atom is -0.478 e. The molecule has 0 saturated heterocycles. The van der Waals surface area contributed by atoms with Gasteiger partial charge in [0.2, 0.25) is 5.91 Å². The van der Waals surface area contributed by atoms with E-state index in [2.05, 4.69) is 5.32 Å². The van der Waals surface area contributed by atoms with E-state index in [1.807, 2.05) is 5.32 Å². The smallest absolute Gasteiger partial charge is 0.405 e. The highest BCUT2D eigenvalue weighted by Gasteiger charge is 2.33. The SMILES string of the molecule is NC(=O)C(CC1Oc2cc(F)c(F)cc2NC1=O)NC(=O)O. The molecule has 22 heavy (non-hydrogen) atoms. The normalized spacial score (nSPS) is 17.7. The quantitative estimate of drug-likeness (QED) is 0.629. The van der Waals surface area contributed by atoms with Crippen LogP contribution in [0.15, 0.2) is 12.1 Å². The molecule has 5 N–H and O–H groups in total. The zero-order valence-electron chi connectivity index (χ0n) is 10.9. The van der Waals surface area contributed by atoms with Crippen molar-refractivity contribution in [2.75, 3.05) is 5.32 Å². The third-order valence-electron chi connectivity index (χ3n) is 2.93. The fourth-order valence-corrected chi connectivity index (χ4v) is 1.91. The predicted octanol–water partition coefficient (Wildman–Crippen LogP) is 0.176. The zero-order chi connectivity index (χ0) is 16.4. The monoisotopic (exact) mass is 315 g/mol. The Balaban J connectivity index is 2.19. The summed E-state index contributed by atoms with van der Waals surface area (Å²) in [5.41, 5.74) is 4.96. The second kappa shape index (κ2) is 5.84. The summed E-state index contributed by atoms with van der Waals surface area (Å²) in [5, 5.41) is 12.7. The molecule has 0 bridgehead atoms. The topological polar surface area (TPSA) is 131 Å². The molecule has 0 radical (unpaired) electrons. The highest BCUT2D eigenvalue weighted by atomic mass is 19.2. The number of halogens is 2. The molecule has 0 saturated carbocycles. The van der Waals surface area contributed by atoms with Crippen molar-refractivity contribution in [1.82, 2.24) is 5.32 Å². The van der Waals surface area contributed by atoms with E-state index >= 15 is 0 Å². The number of hydrogen-bond acceptors (Lipinski definition) is 4. The van der Waals surface area contributed by atoms with Crippen molar-refractivity contribution in [3.8, 4) is 5.75 Å². The highest BCUT2D eigenvalue weighted by Crippen LogP contribution is 2.32. The molecule has 8 nitrogen and oxygen atoms in total. The molecule has 1 aromatic carbocycles. The lowest BCUT2D eigenvalue weighted by Crippen LogP contribution is -2.49. The van der Waals surface area contributed by atoms with Crippen LogP contribution in [0.25, 0.3) is 0 Å². The van der Waals surface area contributed by atoms with Gasteiger partial charge >= 0.3 is 6.09 Å². The number of carbonyl (C=O) groups excluding carboxylic acids is 2. The lowest BCUT2D eigenvalue weighted by atomic mass is 10.1. The number of primary amides is 1. The number of anilines is 1. The maximum atomic E-state index is 13.2. The lowest BCUT2D eigenvalue weighted by Gasteiger charge is -2.27.